The van der Waals surface area contributed by atoms with Crippen molar-refractivity contribution in [1.29, 1.82) is 0 Å². The Morgan fingerprint density at radius 3 is 2.55 bits per heavy atom. The first-order valence-electron chi connectivity index (χ1n) is 10.8. The van der Waals surface area contributed by atoms with E-state index in [-0.39, 0.29) is 12.5 Å². The summed E-state index contributed by atoms with van der Waals surface area (Å²) >= 11 is 0. The van der Waals surface area contributed by atoms with E-state index in [0.29, 0.717) is 16.4 Å². The highest BCUT2D eigenvalue weighted by atomic mass is 16.3. The lowest BCUT2D eigenvalue weighted by atomic mass is 9.79. The number of imide groups is 2. The smallest absolute Gasteiger partial charge is 0.334 e. The molecular formula is C23H22N4O6. The molecule has 0 aromatic carbocycles. The molecule has 0 spiro atoms. The summed E-state index contributed by atoms with van der Waals surface area (Å²) in [5.41, 5.74) is 1.73. The van der Waals surface area contributed by atoms with Gasteiger partial charge in [0.1, 0.15) is 24.1 Å². The monoisotopic (exact) mass is 450 g/mol. The molecular weight excluding hydrogens is 428 g/mol. The van der Waals surface area contributed by atoms with Crippen LogP contribution in [0.3, 0.4) is 0 Å². The summed E-state index contributed by atoms with van der Waals surface area (Å²) in [4.78, 5) is 51.6. The van der Waals surface area contributed by atoms with Crippen molar-refractivity contribution in [2.24, 2.45) is 11.0 Å². The van der Waals surface area contributed by atoms with Crippen LogP contribution < -0.4 is 0 Å². The quantitative estimate of drug-likeness (QED) is 0.511. The van der Waals surface area contributed by atoms with Crippen LogP contribution >= 0.6 is 0 Å². The van der Waals surface area contributed by atoms with Crippen molar-refractivity contribution in [2.45, 2.75) is 32.2 Å². The third kappa shape index (κ3) is 3.47. The molecule has 2 aliphatic heterocycles. The Hall–Kier alpha value is -3.95. The average molecular weight is 450 g/mol. The van der Waals surface area contributed by atoms with Gasteiger partial charge in [-0.2, -0.15) is 5.10 Å². The van der Waals surface area contributed by atoms with Gasteiger partial charge in [-0.15, -0.1) is 0 Å². The Balaban J connectivity index is 1.47. The van der Waals surface area contributed by atoms with E-state index in [1.807, 2.05) is 12.1 Å². The highest BCUT2D eigenvalue weighted by Gasteiger charge is 2.48. The van der Waals surface area contributed by atoms with Gasteiger partial charge in [0.05, 0.1) is 18.2 Å². The molecule has 2 fully saturated rings. The van der Waals surface area contributed by atoms with Gasteiger partial charge in [0.2, 0.25) is 0 Å². The van der Waals surface area contributed by atoms with Crippen LogP contribution in [0.2, 0.25) is 0 Å². The number of urea groups is 1. The molecule has 5 rings (SSSR count). The number of fused-ring (bicyclic) bond motifs is 1. The summed E-state index contributed by atoms with van der Waals surface area (Å²) < 4.78 is 11.1. The molecule has 5 amide bonds. The molecule has 10 nitrogen and oxygen atoms in total. The van der Waals surface area contributed by atoms with Crippen molar-refractivity contribution >= 4 is 35.5 Å². The predicted octanol–water partition coefficient (Wildman–Crippen LogP) is 2.81. The van der Waals surface area contributed by atoms with E-state index in [2.05, 4.69) is 5.10 Å². The molecule has 170 valence electrons. The van der Waals surface area contributed by atoms with Crippen LogP contribution in [0.1, 0.15) is 43.7 Å². The maximum atomic E-state index is 13.3. The van der Waals surface area contributed by atoms with E-state index < -0.39 is 36.3 Å². The van der Waals surface area contributed by atoms with Crippen molar-refractivity contribution in [1.82, 2.24) is 14.8 Å². The van der Waals surface area contributed by atoms with Crippen LogP contribution in [-0.4, -0.2) is 57.4 Å². The van der Waals surface area contributed by atoms with Gasteiger partial charge in [-0.1, -0.05) is 0 Å². The number of carbonyl (C=O) groups excluding carboxylic acids is 4. The van der Waals surface area contributed by atoms with Gasteiger partial charge in [0.15, 0.2) is 0 Å². The minimum absolute atomic E-state index is 0.0537. The molecule has 1 aliphatic carbocycles. The second-order valence-electron chi connectivity index (χ2n) is 8.09. The van der Waals surface area contributed by atoms with E-state index in [0.717, 1.165) is 35.4 Å². The van der Waals surface area contributed by atoms with Gasteiger partial charge < -0.3 is 8.83 Å². The molecule has 2 aromatic rings. The van der Waals surface area contributed by atoms with Crippen LogP contribution in [0.25, 0.3) is 6.08 Å². The molecule has 1 saturated heterocycles. The molecule has 0 bridgehead atoms. The number of hydrogen-bond acceptors (Lipinski definition) is 7. The fourth-order valence-corrected chi connectivity index (χ4v) is 4.67. The maximum Gasteiger partial charge on any atom is 0.334 e. The summed E-state index contributed by atoms with van der Waals surface area (Å²) in [5, 5.41) is 5.93. The van der Waals surface area contributed by atoms with Crippen LogP contribution in [0.4, 0.5) is 4.79 Å². The number of carbonyl (C=O) groups is 4. The fourth-order valence-electron chi connectivity index (χ4n) is 4.67. The fraction of sp³-hybridized carbons (Fsp3) is 0.348. The summed E-state index contributed by atoms with van der Waals surface area (Å²) in [6, 6.07) is 5.87. The lowest BCUT2D eigenvalue weighted by Crippen LogP contribution is -2.42. The van der Waals surface area contributed by atoms with Crippen molar-refractivity contribution in [3.05, 3.63) is 53.9 Å². The van der Waals surface area contributed by atoms with E-state index in [4.69, 9.17) is 8.83 Å². The molecule has 3 aliphatic rings. The Morgan fingerprint density at radius 1 is 1.12 bits per heavy atom. The van der Waals surface area contributed by atoms with Crippen LogP contribution in [-0.2, 0) is 14.4 Å². The highest BCUT2D eigenvalue weighted by Crippen LogP contribution is 2.44. The number of likely N-dealkylation sites (N-methyl/N-ethyl adjacent to an activating group) is 1. The van der Waals surface area contributed by atoms with Crippen molar-refractivity contribution < 1.29 is 28.0 Å². The Labute approximate surface area is 189 Å². The predicted molar refractivity (Wildman–Crippen MR) is 114 cm³/mol. The average Bonchev–Trinajstić information content (AvgIpc) is 3.59. The number of allylic oxidation sites excluding steroid dienone is 1. The third-order valence-corrected chi connectivity index (χ3v) is 6.20. The van der Waals surface area contributed by atoms with Gasteiger partial charge in [-0.05, 0) is 62.1 Å². The van der Waals surface area contributed by atoms with E-state index in [9.17, 15) is 19.2 Å². The lowest BCUT2D eigenvalue weighted by Gasteiger charge is -2.28. The summed E-state index contributed by atoms with van der Waals surface area (Å²) in [7, 11) is 0. The van der Waals surface area contributed by atoms with Crippen LogP contribution in [0.15, 0.2) is 56.3 Å². The molecule has 4 heterocycles. The molecule has 2 aromatic heterocycles. The standard InChI is InChI=1S/C23H22N4O6/c1-2-25-21(29)22(30)26(23(25)31)13-18(28)27-20(17-9-5-11-33-17)16-8-3-6-14(19(16)24-27)12-15-7-4-10-32-15/h4-5,7,9-12,16,20H,2-3,6,8,13H2,1H3/b14-12-. The molecule has 0 radical (unpaired) electrons. The van der Waals surface area contributed by atoms with Gasteiger partial charge in [0.25, 0.3) is 5.91 Å². The second kappa shape index (κ2) is 8.19. The van der Waals surface area contributed by atoms with Gasteiger partial charge in [-0.3, -0.25) is 19.3 Å². The first-order chi connectivity index (χ1) is 16.0. The van der Waals surface area contributed by atoms with E-state index >= 15 is 0 Å². The normalized spacial score (nSPS) is 24.2. The number of hydrazone groups is 1. The van der Waals surface area contributed by atoms with Crippen LogP contribution in [0.5, 0.6) is 0 Å². The van der Waals surface area contributed by atoms with Crippen molar-refractivity contribution in [3.8, 4) is 0 Å². The first-order valence-corrected chi connectivity index (χ1v) is 10.8. The molecule has 0 N–H and O–H groups in total. The number of hydrogen-bond donors (Lipinski definition) is 0. The third-order valence-electron chi connectivity index (χ3n) is 6.20. The molecule has 2 unspecified atom stereocenters. The summed E-state index contributed by atoms with van der Waals surface area (Å²) in [5.74, 6) is -1.34. The Morgan fingerprint density at radius 2 is 1.88 bits per heavy atom. The minimum atomic E-state index is -1.01. The Bertz CT molecular complexity index is 1160. The van der Waals surface area contributed by atoms with Crippen molar-refractivity contribution in [3.63, 3.8) is 0 Å². The number of nitrogens with zero attached hydrogens (tertiary/aromatic N) is 4. The van der Waals surface area contributed by atoms with Crippen LogP contribution in [0, 0.1) is 5.92 Å². The summed E-state index contributed by atoms with van der Waals surface area (Å²) in [6.07, 6.45) is 7.53. The number of furan rings is 2. The molecule has 33 heavy (non-hydrogen) atoms. The second-order valence-corrected chi connectivity index (χ2v) is 8.09. The van der Waals surface area contributed by atoms with E-state index in [1.165, 1.54) is 11.3 Å². The van der Waals surface area contributed by atoms with Gasteiger partial charge in [-0.25, -0.2) is 14.7 Å². The zero-order valence-electron chi connectivity index (χ0n) is 18.0. The first kappa shape index (κ1) is 20.9. The van der Waals surface area contributed by atoms with Gasteiger partial charge in [0, 0.05) is 12.5 Å². The Kier molecular flexibility index (Phi) is 5.20. The zero-order valence-corrected chi connectivity index (χ0v) is 18.0. The molecule has 10 heteroatoms. The summed E-state index contributed by atoms with van der Waals surface area (Å²) in [6.45, 7) is 1.07. The SMILES string of the molecule is CCN1C(=O)C(=O)N(CC(=O)N2N=C3/C(=C\c4ccco4)CCCC3C2c2ccco2)C1=O. The lowest BCUT2D eigenvalue weighted by molar-refractivity contribution is -0.145. The van der Waals surface area contributed by atoms with Crippen molar-refractivity contribution in [2.75, 3.05) is 13.1 Å². The largest absolute Gasteiger partial charge is 0.467 e. The molecule has 2 atom stereocenters. The number of amides is 5. The topological polar surface area (TPSA) is 117 Å². The molecule has 1 saturated carbocycles. The minimum Gasteiger partial charge on any atom is -0.467 e. The van der Waals surface area contributed by atoms with Gasteiger partial charge >= 0.3 is 17.8 Å². The van der Waals surface area contributed by atoms with E-state index in [1.54, 1.807) is 31.4 Å². The maximum absolute atomic E-state index is 13.3. The highest BCUT2D eigenvalue weighted by molar-refractivity contribution is 6.45. The zero-order chi connectivity index (χ0) is 23.1. The number of rotatable bonds is 5.